The topological polar surface area (TPSA) is 49.2 Å². The van der Waals surface area contributed by atoms with Crippen molar-refractivity contribution >= 4 is 5.82 Å². The first-order valence-corrected chi connectivity index (χ1v) is 4.81. The summed E-state index contributed by atoms with van der Waals surface area (Å²) < 4.78 is 36.6. The highest BCUT2D eigenvalue weighted by atomic mass is 19.4. The third-order valence-electron chi connectivity index (χ3n) is 2.43. The summed E-state index contributed by atoms with van der Waals surface area (Å²) in [5.74, 6) is 0.365. The van der Waals surface area contributed by atoms with Crippen molar-refractivity contribution in [1.82, 2.24) is 10.2 Å². The molecule has 0 radical (unpaired) electrons. The lowest BCUT2D eigenvalue weighted by Crippen LogP contribution is -2.23. The van der Waals surface area contributed by atoms with Crippen molar-refractivity contribution in [2.24, 2.45) is 0 Å². The maximum Gasteiger partial charge on any atom is 0.435 e. The molecule has 0 amide bonds. The molecule has 0 saturated carbocycles. The van der Waals surface area contributed by atoms with Gasteiger partial charge in [0.2, 0.25) is 0 Å². The highest BCUT2D eigenvalue weighted by molar-refractivity contribution is 5.39. The second kappa shape index (κ2) is 3.89. The van der Waals surface area contributed by atoms with Crippen LogP contribution in [0, 0.1) is 0 Å². The molecule has 1 aromatic heterocycles. The Labute approximate surface area is 89.7 Å². The summed E-state index contributed by atoms with van der Waals surface area (Å²) in [6.45, 7) is 0.973. The van der Waals surface area contributed by atoms with Gasteiger partial charge in [0, 0.05) is 13.1 Å². The number of halogens is 3. The number of hydrogen-bond acceptors (Lipinski definition) is 4. The molecular formula is C9H10F3N3O. The average molecular weight is 233 g/mol. The zero-order valence-electron chi connectivity index (χ0n) is 8.28. The van der Waals surface area contributed by atoms with Crippen LogP contribution in [-0.4, -0.2) is 34.5 Å². The lowest BCUT2D eigenvalue weighted by Gasteiger charge is -2.15. The van der Waals surface area contributed by atoms with Crippen molar-refractivity contribution in [2.45, 2.75) is 18.7 Å². The summed E-state index contributed by atoms with van der Waals surface area (Å²) in [6.07, 6.45) is -4.30. The Hall–Kier alpha value is -1.37. The molecule has 0 spiro atoms. The molecular weight excluding hydrogens is 223 g/mol. The van der Waals surface area contributed by atoms with E-state index < -0.39 is 18.0 Å². The average Bonchev–Trinajstić information content (AvgIpc) is 2.64. The minimum atomic E-state index is -4.46. The molecule has 0 aromatic carbocycles. The van der Waals surface area contributed by atoms with Crippen LogP contribution >= 0.6 is 0 Å². The molecule has 7 heteroatoms. The van der Waals surface area contributed by atoms with Gasteiger partial charge in [-0.15, -0.1) is 10.2 Å². The van der Waals surface area contributed by atoms with Crippen molar-refractivity contribution in [3.8, 4) is 0 Å². The first-order chi connectivity index (χ1) is 7.47. The minimum Gasteiger partial charge on any atom is -0.391 e. The molecule has 4 nitrogen and oxygen atoms in total. The second-order valence-corrected chi connectivity index (χ2v) is 3.66. The zero-order chi connectivity index (χ0) is 11.8. The largest absolute Gasteiger partial charge is 0.435 e. The maximum atomic E-state index is 12.2. The molecule has 88 valence electrons. The molecule has 1 N–H and O–H groups in total. The summed E-state index contributed by atoms with van der Waals surface area (Å²) >= 11 is 0. The zero-order valence-corrected chi connectivity index (χ0v) is 8.28. The van der Waals surface area contributed by atoms with Gasteiger partial charge in [-0.25, -0.2) is 0 Å². The number of alkyl halides is 3. The van der Waals surface area contributed by atoms with Crippen LogP contribution in [-0.2, 0) is 6.18 Å². The van der Waals surface area contributed by atoms with Crippen molar-refractivity contribution in [1.29, 1.82) is 0 Å². The quantitative estimate of drug-likeness (QED) is 0.788. The number of hydrogen-bond donors (Lipinski definition) is 1. The second-order valence-electron chi connectivity index (χ2n) is 3.66. The monoisotopic (exact) mass is 233 g/mol. The van der Waals surface area contributed by atoms with Crippen molar-refractivity contribution < 1.29 is 18.3 Å². The lowest BCUT2D eigenvalue weighted by molar-refractivity contribution is -0.141. The van der Waals surface area contributed by atoms with Crippen LogP contribution in [0.3, 0.4) is 0 Å². The maximum absolute atomic E-state index is 12.2. The third-order valence-corrected chi connectivity index (χ3v) is 2.43. The first kappa shape index (κ1) is 11.1. The molecule has 16 heavy (non-hydrogen) atoms. The lowest BCUT2D eigenvalue weighted by atomic mass is 10.3. The summed E-state index contributed by atoms with van der Waals surface area (Å²) in [4.78, 5) is 1.71. The fraction of sp³-hybridized carbons (Fsp3) is 0.556. The van der Waals surface area contributed by atoms with Gasteiger partial charge in [-0.2, -0.15) is 13.2 Å². The predicted octanol–water partition coefficient (Wildman–Crippen LogP) is 1.07. The van der Waals surface area contributed by atoms with Gasteiger partial charge in [0.05, 0.1) is 6.10 Å². The van der Waals surface area contributed by atoms with Gasteiger partial charge in [-0.3, -0.25) is 0 Å². The van der Waals surface area contributed by atoms with Crippen LogP contribution in [0.4, 0.5) is 19.0 Å². The van der Waals surface area contributed by atoms with E-state index in [1.54, 1.807) is 4.90 Å². The summed E-state index contributed by atoms with van der Waals surface area (Å²) in [7, 11) is 0. The number of rotatable bonds is 1. The number of nitrogens with zero attached hydrogens (tertiary/aromatic N) is 3. The van der Waals surface area contributed by atoms with Gasteiger partial charge in [0.15, 0.2) is 11.5 Å². The van der Waals surface area contributed by atoms with E-state index in [0.29, 0.717) is 25.3 Å². The van der Waals surface area contributed by atoms with E-state index in [1.165, 1.54) is 6.07 Å². The van der Waals surface area contributed by atoms with Crippen LogP contribution in [0.25, 0.3) is 0 Å². The molecule has 1 fully saturated rings. The molecule has 2 heterocycles. The predicted molar refractivity (Wildman–Crippen MR) is 49.9 cm³/mol. The fourth-order valence-corrected chi connectivity index (χ4v) is 1.59. The number of anilines is 1. The Morgan fingerprint density at radius 2 is 2.06 bits per heavy atom. The Bertz CT molecular complexity index is 365. The van der Waals surface area contributed by atoms with Crippen LogP contribution in [0.5, 0.6) is 0 Å². The Balaban J connectivity index is 2.14. The van der Waals surface area contributed by atoms with Crippen LogP contribution < -0.4 is 4.90 Å². The van der Waals surface area contributed by atoms with E-state index in [0.717, 1.165) is 6.07 Å². The molecule has 1 aromatic rings. The number of β-amino-alcohol motifs (C(OH)–C–C–N with tert-alkyl or cyclic N) is 1. The minimum absolute atomic E-state index is 0.365. The van der Waals surface area contributed by atoms with Crippen molar-refractivity contribution in [3.05, 3.63) is 17.8 Å². The fourth-order valence-electron chi connectivity index (χ4n) is 1.59. The van der Waals surface area contributed by atoms with Crippen molar-refractivity contribution in [2.75, 3.05) is 18.0 Å². The number of aromatic nitrogens is 2. The van der Waals surface area contributed by atoms with E-state index in [-0.39, 0.29) is 0 Å². The van der Waals surface area contributed by atoms with Crippen LogP contribution in [0.1, 0.15) is 12.1 Å². The van der Waals surface area contributed by atoms with Crippen molar-refractivity contribution in [3.63, 3.8) is 0 Å². The highest BCUT2D eigenvalue weighted by Gasteiger charge is 2.33. The highest BCUT2D eigenvalue weighted by Crippen LogP contribution is 2.28. The van der Waals surface area contributed by atoms with Gasteiger partial charge in [-0.1, -0.05) is 0 Å². The summed E-state index contributed by atoms with van der Waals surface area (Å²) in [5, 5.41) is 15.9. The first-order valence-electron chi connectivity index (χ1n) is 4.81. The molecule has 1 atom stereocenters. The van der Waals surface area contributed by atoms with Gasteiger partial charge in [0.25, 0.3) is 0 Å². The third kappa shape index (κ3) is 2.24. The molecule has 1 saturated heterocycles. The van der Waals surface area contributed by atoms with Crippen LogP contribution in [0.15, 0.2) is 12.1 Å². The number of aliphatic hydroxyl groups excluding tert-OH is 1. The number of aliphatic hydroxyl groups is 1. The van der Waals surface area contributed by atoms with Crippen LogP contribution in [0.2, 0.25) is 0 Å². The van der Waals surface area contributed by atoms with Gasteiger partial charge in [-0.05, 0) is 18.6 Å². The molecule has 0 aliphatic carbocycles. The smallest absolute Gasteiger partial charge is 0.391 e. The van der Waals surface area contributed by atoms with E-state index in [1.807, 2.05) is 0 Å². The molecule has 1 unspecified atom stereocenters. The van der Waals surface area contributed by atoms with E-state index in [9.17, 15) is 18.3 Å². The summed E-state index contributed by atoms with van der Waals surface area (Å²) in [5.41, 5.74) is -1.00. The molecule has 2 rings (SSSR count). The standard InChI is InChI=1S/C9H10F3N3O/c10-9(11,12)7-1-2-8(14-13-7)15-4-3-6(16)5-15/h1-2,6,16H,3-5H2. The Kier molecular flexibility index (Phi) is 2.71. The van der Waals surface area contributed by atoms with E-state index in [4.69, 9.17) is 0 Å². The molecule has 0 bridgehead atoms. The van der Waals surface area contributed by atoms with Gasteiger partial charge in [0.1, 0.15) is 0 Å². The van der Waals surface area contributed by atoms with E-state index in [2.05, 4.69) is 10.2 Å². The Morgan fingerprint density at radius 3 is 2.50 bits per heavy atom. The molecule has 1 aliphatic rings. The Morgan fingerprint density at radius 1 is 1.31 bits per heavy atom. The SMILES string of the molecule is OC1CCN(c2ccc(C(F)(F)F)nn2)C1. The normalized spacial score (nSPS) is 21.5. The van der Waals surface area contributed by atoms with Gasteiger partial charge >= 0.3 is 6.18 Å². The van der Waals surface area contributed by atoms with E-state index >= 15 is 0 Å². The summed E-state index contributed by atoms with van der Waals surface area (Å²) in [6, 6.07) is 2.17. The molecule has 1 aliphatic heterocycles. The van der Waals surface area contributed by atoms with Gasteiger partial charge < -0.3 is 10.0 Å².